The second-order valence-electron chi connectivity index (χ2n) is 6.51. The number of unbranched alkanes of at least 4 members (excludes halogenated alkanes) is 4. The molecule has 0 aliphatic rings. The molecule has 146 valence electrons. The first-order chi connectivity index (χ1) is 12.5. The van der Waals surface area contributed by atoms with Crippen LogP contribution in [0, 0.1) is 11.2 Å². The van der Waals surface area contributed by atoms with Gasteiger partial charge < -0.3 is 9.47 Å². The second-order valence-corrected chi connectivity index (χ2v) is 6.51. The molecule has 1 rings (SSSR count). The molecule has 26 heavy (non-hydrogen) atoms. The summed E-state index contributed by atoms with van der Waals surface area (Å²) in [4.78, 5) is 25.1. The average molecular weight is 366 g/mol. The van der Waals surface area contributed by atoms with Crippen LogP contribution in [0.1, 0.15) is 71.3 Å². The lowest BCUT2D eigenvalue weighted by Crippen LogP contribution is -2.41. The molecule has 0 N–H and O–H groups in total. The second kappa shape index (κ2) is 11.7. The zero-order valence-electron chi connectivity index (χ0n) is 16.2. The standard InChI is InChI=1S/C21H31FO4/c1-4-7-8-9-12-15-25-19(23)21(5-2,6-3)20(24)26-16-17-13-10-11-14-18(17)22/h10-11,13-14H,4-9,12,15-16H2,1-3H3. The normalized spacial score (nSPS) is 11.2. The minimum absolute atomic E-state index is 0.197. The molecule has 0 saturated carbocycles. The van der Waals surface area contributed by atoms with Crippen molar-refractivity contribution in [3.05, 3.63) is 35.6 Å². The van der Waals surface area contributed by atoms with Gasteiger partial charge in [0.15, 0.2) is 5.41 Å². The van der Waals surface area contributed by atoms with E-state index in [0.717, 1.165) is 25.7 Å². The summed E-state index contributed by atoms with van der Waals surface area (Å²) in [7, 11) is 0. The SMILES string of the molecule is CCCCCCCOC(=O)C(CC)(CC)C(=O)OCc1ccccc1F. The Bertz CT molecular complexity index is 567. The van der Waals surface area contributed by atoms with Crippen molar-refractivity contribution in [2.75, 3.05) is 6.61 Å². The Balaban J connectivity index is 2.61. The van der Waals surface area contributed by atoms with Gasteiger partial charge in [0.05, 0.1) is 6.61 Å². The van der Waals surface area contributed by atoms with Gasteiger partial charge in [-0.1, -0.05) is 64.7 Å². The highest BCUT2D eigenvalue weighted by Crippen LogP contribution is 2.30. The van der Waals surface area contributed by atoms with Gasteiger partial charge in [-0.15, -0.1) is 0 Å². The molecule has 0 aliphatic carbocycles. The van der Waals surface area contributed by atoms with Gasteiger partial charge in [-0.2, -0.15) is 0 Å². The Kier molecular flexibility index (Phi) is 9.92. The number of halogens is 1. The molecular weight excluding hydrogens is 335 g/mol. The van der Waals surface area contributed by atoms with Gasteiger partial charge in [-0.25, -0.2) is 4.39 Å². The van der Waals surface area contributed by atoms with E-state index in [1.54, 1.807) is 32.0 Å². The molecule has 0 fully saturated rings. The number of hydrogen-bond donors (Lipinski definition) is 0. The lowest BCUT2D eigenvalue weighted by molar-refractivity contribution is -0.174. The van der Waals surface area contributed by atoms with Crippen molar-refractivity contribution in [1.82, 2.24) is 0 Å². The third-order valence-electron chi connectivity index (χ3n) is 4.79. The molecule has 5 heteroatoms. The van der Waals surface area contributed by atoms with Crippen molar-refractivity contribution in [3.8, 4) is 0 Å². The van der Waals surface area contributed by atoms with Gasteiger partial charge in [0.1, 0.15) is 12.4 Å². The minimum atomic E-state index is -1.32. The summed E-state index contributed by atoms with van der Waals surface area (Å²) in [5, 5.41) is 0. The molecule has 0 aromatic heterocycles. The first kappa shape index (κ1) is 22.1. The van der Waals surface area contributed by atoms with Crippen molar-refractivity contribution in [1.29, 1.82) is 0 Å². The average Bonchev–Trinajstić information content (AvgIpc) is 2.65. The summed E-state index contributed by atoms with van der Waals surface area (Å²) in [6.45, 7) is 5.78. The van der Waals surface area contributed by atoms with Crippen molar-refractivity contribution in [3.63, 3.8) is 0 Å². The van der Waals surface area contributed by atoms with Gasteiger partial charge >= 0.3 is 11.9 Å². The van der Waals surface area contributed by atoms with Gasteiger partial charge in [0.2, 0.25) is 0 Å². The fourth-order valence-electron chi connectivity index (χ4n) is 2.82. The van der Waals surface area contributed by atoms with E-state index in [4.69, 9.17) is 9.47 Å². The minimum Gasteiger partial charge on any atom is -0.465 e. The topological polar surface area (TPSA) is 52.6 Å². The molecule has 0 saturated heterocycles. The van der Waals surface area contributed by atoms with Crippen LogP contribution in [0.15, 0.2) is 24.3 Å². The predicted molar refractivity (Wildman–Crippen MR) is 98.9 cm³/mol. The van der Waals surface area contributed by atoms with Crippen LogP contribution in [-0.4, -0.2) is 18.5 Å². The summed E-state index contributed by atoms with van der Waals surface area (Å²) in [6, 6.07) is 6.10. The van der Waals surface area contributed by atoms with Crippen LogP contribution >= 0.6 is 0 Å². The molecule has 0 bridgehead atoms. The monoisotopic (exact) mass is 366 g/mol. The Morgan fingerprint density at radius 1 is 0.923 bits per heavy atom. The fourth-order valence-corrected chi connectivity index (χ4v) is 2.82. The molecule has 0 radical (unpaired) electrons. The predicted octanol–water partition coefficient (Wildman–Crippen LogP) is 5.19. The lowest BCUT2D eigenvalue weighted by Gasteiger charge is -2.27. The molecule has 0 atom stereocenters. The Morgan fingerprint density at radius 2 is 1.54 bits per heavy atom. The highest BCUT2D eigenvalue weighted by molar-refractivity contribution is 5.99. The highest BCUT2D eigenvalue weighted by Gasteiger charge is 2.45. The maximum Gasteiger partial charge on any atom is 0.323 e. The molecule has 4 nitrogen and oxygen atoms in total. The van der Waals surface area contributed by atoms with Crippen LogP contribution < -0.4 is 0 Å². The Labute approximate surface area is 156 Å². The number of carbonyl (C=O) groups is 2. The molecule has 0 amide bonds. The van der Waals surface area contributed by atoms with E-state index in [1.165, 1.54) is 12.5 Å². The maximum atomic E-state index is 13.7. The van der Waals surface area contributed by atoms with E-state index in [2.05, 4.69) is 6.92 Å². The molecule has 1 aromatic rings. The highest BCUT2D eigenvalue weighted by atomic mass is 19.1. The quantitative estimate of drug-likeness (QED) is 0.290. The number of hydrogen-bond acceptors (Lipinski definition) is 4. The van der Waals surface area contributed by atoms with Gasteiger partial charge in [0, 0.05) is 5.56 Å². The first-order valence-corrected chi connectivity index (χ1v) is 9.59. The van der Waals surface area contributed by atoms with E-state index in [-0.39, 0.29) is 25.0 Å². The van der Waals surface area contributed by atoms with Crippen molar-refractivity contribution < 1.29 is 23.5 Å². The van der Waals surface area contributed by atoms with E-state index in [0.29, 0.717) is 6.61 Å². The number of carbonyl (C=O) groups excluding carboxylic acids is 2. The first-order valence-electron chi connectivity index (χ1n) is 9.59. The Morgan fingerprint density at radius 3 is 2.15 bits per heavy atom. The van der Waals surface area contributed by atoms with E-state index < -0.39 is 23.2 Å². The van der Waals surface area contributed by atoms with Gasteiger partial charge in [0.25, 0.3) is 0 Å². The molecule has 0 aliphatic heterocycles. The fraction of sp³-hybridized carbons (Fsp3) is 0.619. The molecular formula is C21H31FO4. The molecule has 0 heterocycles. The third kappa shape index (κ3) is 6.11. The number of esters is 2. The van der Waals surface area contributed by atoms with Crippen LogP contribution in [0.4, 0.5) is 4.39 Å². The van der Waals surface area contributed by atoms with Gasteiger partial charge in [-0.05, 0) is 25.3 Å². The van der Waals surface area contributed by atoms with Gasteiger partial charge in [-0.3, -0.25) is 9.59 Å². The largest absolute Gasteiger partial charge is 0.465 e. The molecule has 0 unspecified atom stereocenters. The lowest BCUT2D eigenvalue weighted by atomic mass is 9.82. The summed E-state index contributed by atoms with van der Waals surface area (Å²) < 4.78 is 24.3. The Hall–Kier alpha value is -1.91. The summed E-state index contributed by atoms with van der Waals surface area (Å²) in [5.74, 6) is -1.63. The van der Waals surface area contributed by atoms with Crippen molar-refractivity contribution in [2.45, 2.75) is 72.3 Å². The molecule has 0 spiro atoms. The number of ether oxygens (including phenoxy) is 2. The zero-order chi connectivity index (χ0) is 19.4. The summed E-state index contributed by atoms with van der Waals surface area (Å²) in [6.07, 6.45) is 5.81. The van der Waals surface area contributed by atoms with Crippen LogP contribution in [0.5, 0.6) is 0 Å². The maximum absolute atomic E-state index is 13.7. The van der Waals surface area contributed by atoms with Crippen LogP contribution in [0.3, 0.4) is 0 Å². The number of benzene rings is 1. The van der Waals surface area contributed by atoms with Crippen LogP contribution in [0.2, 0.25) is 0 Å². The number of rotatable bonds is 12. The van der Waals surface area contributed by atoms with Crippen LogP contribution in [0.25, 0.3) is 0 Å². The van der Waals surface area contributed by atoms with Crippen LogP contribution in [-0.2, 0) is 25.7 Å². The third-order valence-corrected chi connectivity index (χ3v) is 4.79. The molecule has 1 aromatic carbocycles. The van der Waals surface area contributed by atoms with E-state index >= 15 is 0 Å². The van der Waals surface area contributed by atoms with E-state index in [9.17, 15) is 14.0 Å². The summed E-state index contributed by atoms with van der Waals surface area (Å²) in [5.41, 5.74) is -1.04. The smallest absolute Gasteiger partial charge is 0.323 e. The zero-order valence-corrected chi connectivity index (χ0v) is 16.2. The van der Waals surface area contributed by atoms with Crippen molar-refractivity contribution in [2.24, 2.45) is 5.41 Å². The van der Waals surface area contributed by atoms with E-state index in [1.807, 2.05) is 0 Å². The summed E-state index contributed by atoms with van der Waals surface area (Å²) >= 11 is 0. The van der Waals surface area contributed by atoms with Crippen molar-refractivity contribution >= 4 is 11.9 Å².